The lowest BCUT2D eigenvalue weighted by Crippen LogP contribution is -2.26. The Labute approximate surface area is 98.6 Å². The molecule has 0 amide bonds. The van der Waals surface area contributed by atoms with E-state index in [4.69, 9.17) is 5.14 Å². The molecular formula is C7H12N2O4S3. The van der Waals surface area contributed by atoms with Crippen LogP contribution < -0.4 is 9.86 Å². The molecule has 0 unspecified atom stereocenters. The first-order chi connectivity index (χ1) is 7.31. The van der Waals surface area contributed by atoms with Crippen LogP contribution in [-0.4, -0.2) is 29.1 Å². The van der Waals surface area contributed by atoms with Crippen LogP contribution in [-0.2, 0) is 20.0 Å². The van der Waals surface area contributed by atoms with Gasteiger partial charge in [0.05, 0.1) is 5.75 Å². The fraction of sp³-hybridized carbons (Fsp3) is 0.429. The van der Waals surface area contributed by atoms with Crippen LogP contribution in [0.2, 0.25) is 0 Å². The highest BCUT2D eigenvalue weighted by Gasteiger charge is 2.14. The van der Waals surface area contributed by atoms with E-state index in [9.17, 15) is 16.8 Å². The van der Waals surface area contributed by atoms with Crippen molar-refractivity contribution in [2.75, 3.05) is 12.3 Å². The Kier molecular flexibility index (Phi) is 4.44. The van der Waals surface area contributed by atoms with Crippen molar-refractivity contribution >= 4 is 31.4 Å². The van der Waals surface area contributed by atoms with E-state index in [1.807, 2.05) is 0 Å². The standard InChI is InChI=1S/C7H12N2O4S3/c8-15(10,11)6-2-4-9-16(12,13)7-3-1-5-14-7/h1,3,5,9H,2,4,6H2,(H2,8,10,11). The van der Waals surface area contributed by atoms with Crippen molar-refractivity contribution in [3.8, 4) is 0 Å². The van der Waals surface area contributed by atoms with E-state index in [2.05, 4.69) is 4.72 Å². The molecule has 0 aliphatic heterocycles. The Morgan fingerprint density at radius 2 is 2.00 bits per heavy atom. The number of hydrogen-bond donors (Lipinski definition) is 2. The van der Waals surface area contributed by atoms with Gasteiger partial charge in [0.15, 0.2) is 0 Å². The van der Waals surface area contributed by atoms with E-state index < -0.39 is 20.0 Å². The highest BCUT2D eigenvalue weighted by Crippen LogP contribution is 2.14. The maximum atomic E-state index is 11.5. The number of primary sulfonamides is 1. The molecule has 92 valence electrons. The molecule has 0 aliphatic rings. The molecule has 1 heterocycles. The molecule has 6 nitrogen and oxygen atoms in total. The summed E-state index contributed by atoms with van der Waals surface area (Å²) in [7, 11) is -7.03. The fourth-order valence-corrected chi connectivity index (χ4v) is 3.63. The van der Waals surface area contributed by atoms with Gasteiger partial charge in [-0.1, -0.05) is 6.07 Å². The van der Waals surface area contributed by atoms with Gasteiger partial charge in [-0.3, -0.25) is 0 Å². The molecule has 0 bridgehead atoms. The summed E-state index contributed by atoms with van der Waals surface area (Å²) in [6.45, 7) is 0.0522. The van der Waals surface area contributed by atoms with Crippen molar-refractivity contribution in [1.82, 2.24) is 4.72 Å². The summed E-state index contributed by atoms with van der Waals surface area (Å²) in [5.74, 6) is -0.236. The summed E-state index contributed by atoms with van der Waals surface area (Å²) in [4.78, 5) is 0. The Morgan fingerprint density at radius 1 is 1.31 bits per heavy atom. The predicted octanol–water partition coefficient (Wildman–Crippen LogP) is -0.295. The second-order valence-corrected chi connectivity index (χ2v) is 7.73. The maximum Gasteiger partial charge on any atom is 0.250 e. The zero-order valence-electron chi connectivity index (χ0n) is 8.29. The summed E-state index contributed by atoms with van der Waals surface area (Å²) in [5, 5.41) is 6.43. The molecule has 0 saturated heterocycles. The fourth-order valence-electron chi connectivity index (χ4n) is 0.967. The quantitative estimate of drug-likeness (QED) is 0.700. The summed E-state index contributed by atoms with van der Waals surface area (Å²) in [6.07, 6.45) is 0.156. The van der Waals surface area contributed by atoms with Crippen LogP contribution in [0.4, 0.5) is 0 Å². The lowest BCUT2D eigenvalue weighted by atomic mass is 10.5. The smallest absolute Gasteiger partial charge is 0.229 e. The van der Waals surface area contributed by atoms with Crippen molar-refractivity contribution in [2.24, 2.45) is 5.14 Å². The van der Waals surface area contributed by atoms with Crippen molar-refractivity contribution in [3.05, 3.63) is 17.5 Å². The number of hydrogen-bond acceptors (Lipinski definition) is 5. The minimum Gasteiger partial charge on any atom is -0.229 e. The lowest BCUT2D eigenvalue weighted by molar-refractivity contribution is 0.578. The molecule has 1 rings (SSSR count). The van der Waals surface area contributed by atoms with Gasteiger partial charge in [0.25, 0.3) is 0 Å². The minimum atomic E-state index is -3.53. The topological polar surface area (TPSA) is 106 Å². The van der Waals surface area contributed by atoms with Crippen LogP contribution in [0.5, 0.6) is 0 Å². The molecule has 3 N–H and O–H groups in total. The molecule has 1 aromatic heterocycles. The molecular weight excluding hydrogens is 272 g/mol. The van der Waals surface area contributed by atoms with E-state index in [1.54, 1.807) is 11.4 Å². The Hall–Kier alpha value is -0.480. The van der Waals surface area contributed by atoms with E-state index >= 15 is 0 Å². The van der Waals surface area contributed by atoms with E-state index in [-0.39, 0.29) is 22.9 Å². The number of rotatable bonds is 6. The van der Waals surface area contributed by atoms with Gasteiger partial charge in [-0.15, -0.1) is 11.3 Å². The third-order valence-electron chi connectivity index (χ3n) is 1.66. The molecule has 0 spiro atoms. The van der Waals surface area contributed by atoms with Crippen molar-refractivity contribution in [1.29, 1.82) is 0 Å². The number of nitrogens with two attached hydrogens (primary N) is 1. The van der Waals surface area contributed by atoms with Crippen molar-refractivity contribution in [3.63, 3.8) is 0 Å². The second kappa shape index (κ2) is 5.23. The molecule has 9 heteroatoms. The van der Waals surface area contributed by atoms with Crippen LogP contribution in [0.1, 0.15) is 6.42 Å². The van der Waals surface area contributed by atoms with Gasteiger partial charge in [-0.2, -0.15) is 0 Å². The third-order valence-corrected chi connectivity index (χ3v) is 5.37. The van der Waals surface area contributed by atoms with Crippen molar-refractivity contribution < 1.29 is 16.8 Å². The monoisotopic (exact) mass is 284 g/mol. The summed E-state index contributed by atoms with van der Waals surface area (Å²) < 4.78 is 46.8. The molecule has 0 aliphatic carbocycles. The second-order valence-electron chi connectivity index (χ2n) is 3.05. The average Bonchev–Trinajstić information content (AvgIpc) is 2.64. The highest BCUT2D eigenvalue weighted by atomic mass is 32.2. The molecule has 0 atom stereocenters. The van der Waals surface area contributed by atoms with Gasteiger partial charge in [0.2, 0.25) is 20.0 Å². The van der Waals surface area contributed by atoms with Gasteiger partial charge in [0, 0.05) is 6.54 Å². The third kappa shape index (κ3) is 4.58. The largest absolute Gasteiger partial charge is 0.250 e. The van der Waals surface area contributed by atoms with E-state index in [1.165, 1.54) is 6.07 Å². The predicted molar refractivity (Wildman–Crippen MR) is 62.1 cm³/mol. The highest BCUT2D eigenvalue weighted by molar-refractivity contribution is 7.91. The molecule has 1 aromatic rings. The first kappa shape index (κ1) is 13.6. The normalized spacial score (nSPS) is 12.8. The molecule has 0 radical (unpaired) electrons. The van der Waals surface area contributed by atoms with Gasteiger partial charge >= 0.3 is 0 Å². The minimum absolute atomic E-state index is 0.0522. The van der Waals surface area contributed by atoms with E-state index in [0.717, 1.165) is 11.3 Å². The van der Waals surface area contributed by atoms with Crippen LogP contribution in [0.25, 0.3) is 0 Å². The van der Waals surface area contributed by atoms with Crippen LogP contribution >= 0.6 is 11.3 Å². The number of sulfonamides is 2. The van der Waals surface area contributed by atoms with Crippen LogP contribution in [0.15, 0.2) is 21.7 Å². The van der Waals surface area contributed by atoms with Crippen LogP contribution in [0, 0.1) is 0 Å². The Bertz CT molecular complexity index is 518. The average molecular weight is 284 g/mol. The van der Waals surface area contributed by atoms with Gasteiger partial charge in [-0.25, -0.2) is 26.7 Å². The maximum absolute atomic E-state index is 11.5. The van der Waals surface area contributed by atoms with Gasteiger partial charge < -0.3 is 0 Å². The van der Waals surface area contributed by atoms with Gasteiger partial charge in [0.1, 0.15) is 4.21 Å². The molecule has 0 saturated carbocycles. The molecule has 0 fully saturated rings. The molecule has 16 heavy (non-hydrogen) atoms. The first-order valence-electron chi connectivity index (χ1n) is 4.35. The first-order valence-corrected chi connectivity index (χ1v) is 8.43. The lowest BCUT2D eigenvalue weighted by Gasteiger charge is -2.03. The van der Waals surface area contributed by atoms with Crippen LogP contribution in [0.3, 0.4) is 0 Å². The Balaban J connectivity index is 2.45. The molecule has 0 aromatic carbocycles. The Morgan fingerprint density at radius 3 is 2.50 bits per heavy atom. The van der Waals surface area contributed by atoms with E-state index in [0.29, 0.717) is 0 Å². The summed E-state index contributed by atoms with van der Waals surface area (Å²) in [6, 6.07) is 3.11. The van der Waals surface area contributed by atoms with Crippen molar-refractivity contribution in [2.45, 2.75) is 10.6 Å². The zero-order valence-corrected chi connectivity index (χ0v) is 10.7. The summed E-state index contributed by atoms with van der Waals surface area (Å²) >= 11 is 1.10. The SMILES string of the molecule is NS(=O)(=O)CCCNS(=O)(=O)c1cccs1. The number of nitrogens with one attached hydrogen (secondary N) is 1. The number of thiophene rings is 1. The zero-order chi connectivity index (χ0) is 12.2. The summed E-state index contributed by atoms with van der Waals surface area (Å²) in [5.41, 5.74) is 0. The van der Waals surface area contributed by atoms with Gasteiger partial charge in [-0.05, 0) is 17.9 Å².